The molecule has 3 rings (SSSR count). The fourth-order valence-electron chi connectivity index (χ4n) is 3.48. The lowest BCUT2D eigenvalue weighted by Gasteiger charge is -2.16. The van der Waals surface area contributed by atoms with E-state index in [-0.39, 0.29) is 54.5 Å². The van der Waals surface area contributed by atoms with Gasteiger partial charge < -0.3 is 67.4 Å². The smallest absolute Gasteiger partial charge is 0.326 e. The van der Waals surface area contributed by atoms with Crippen molar-refractivity contribution in [3.63, 3.8) is 0 Å². The highest BCUT2D eigenvalue weighted by atomic mass is 17.1. The normalized spacial score (nSPS) is 13.3. The Kier molecular flexibility index (Phi) is 13.7. The van der Waals surface area contributed by atoms with Gasteiger partial charge in [-0.05, 0) is 31.2 Å². The number of carboxylic acid groups (broad SMARTS) is 2. The van der Waals surface area contributed by atoms with E-state index in [9.17, 15) is 24.9 Å². The molecule has 0 saturated heterocycles. The summed E-state index contributed by atoms with van der Waals surface area (Å²) in [5.41, 5.74) is 0.959. The second-order valence-electron chi connectivity index (χ2n) is 9.93. The monoisotopic (exact) mass is 676 g/mol. The third kappa shape index (κ3) is 11.9. The molecule has 2 aromatic heterocycles. The van der Waals surface area contributed by atoms with E-state index in [1.807, 2.05) is 0 Å². The lowest BCUT2D eigenvalue weighted by Crippen LogP contribution is -2.33. The summed E-state index contributed by atoms with van der Waals surface area (Å²) in [4.78, 5) is 51.9. The van der Waals surface area contributed by atoms with E-state index < -0.39 is 55.9 Å². The summed E-state index contributed by atoms with van der Waals surface area (Å²) in [6, 6.07) is 4.33. The zero-order valence-corrected chi connectivity index (χ0v) is 25.4. The summed E-state index contributed by atoms with van der Waals surface area (Å²) >= 11 is 0. The van der Waals surface area contributed by atoms with Gasteiger partial charge in [0.2, 0.25) is 35.7 Å². The van der Waals surface area contributed by atoms with E-state index in [0.717, 1.165) is 0 Å². The van der Waals surface area contributed by atoms with Crippen LogP contribution < -0.4 is 31.9 Å². The van der Waals surface area contributed by atoms with Gasteiger partial charge in [0.25, 0.3) is 0 Å². The molecule has 13 N–H and O–H groups in total. The predicted molar refractivity (Wildman–Crippen MR) is 169 cm³/mol. The first-order chi connectivity index (χ1) is 22.9. The van der Waals surface area contributed by atoms with Crippen molar-refractivity contribution in [2.45, 2.75) is 37.6 Å². The zero-order chi connectivity index (χ0) is 35.2. The molecule has 3 aromatic rings. The number of aliphatic carboxylic acids is 2. The molecular weight excluding hydrogens is 640 g/mol. The Bertz CT molecular complexity index is 1530. The number of hydrogen-bond donors (Lipinski definition) is 13. The molecule has 260 valence electrons. The van der Waals surface area contributed by atoms with Gasteiger partial charge in [0.1, 0.15) is 6.04 Å². The van der Waals surface area contributed by atoms with Crippen molar-refractivity contribution in [3.05, 3.63) is 36.6 Å². The molecule has 22 nitrogen and oxygen atoms in total. The number of aliphatic hydroxyl groups excluding tert-OH is 4. The number of carbonyl (C=O) groups is 2. The minimum atomic E-state index is -1.56. The standard InChI is InChI=1S/C26H36N12O10/c1-12(13(2)48-47)29-23-33-21(27-8-16(41)10-39)34-24(37-23)30-14-3-5-15(6-4-14)31-25-35-22(28-9-17(42)11-40)36-26(38-25)32-18(20(45)46)7-19(43)44/h3-6,12,16-18,39-42,47H,2,7-11H2,1H3,(H,43,44)(H,45,46)(H3,27,29,30,33,34,37)(H3,28,31,32,35,36,38). The van der Waals surface area contributed by atoms with Gasteiger partial charge in [-0.3, -0.25) is 4.79 Å². The molecule has 2 heterocycles. The fraction of sp³-hybridized carbons (Fsp3) is 0.385. The van der Waals surface area contributed by atoms with E-state index in [4.69, 9.17) is 20.6 Å². The number of rotatable bonds is 21. The van der Waals surface area contributed by atoms with Crippen LogP contribution in [-0.4, -0.2) is 128 Å². The van der Waals surface area contributed by atoms with Gasteiger partial charge in [-0.1, -0.05) is 6.58 Å². The number of benzene rings is 1. The molecular formula is C26H36N12O10. The van der Waals surface area contributed by atoms with Crippen LogP contribution in [0.2, 0.25) is 0 Å². The van der Waals surface area contributed by atoms with Crippen LogP contribution in [0.4, 0.5) is 47.1 Å². The van der Waals surface area contributed by atoms with Crippen molar-refractivity contribution in [1.82, 2.24) is 29.9 Å². The van der Waals surface area contributed by atoms with Gasteiger partial charge >= 0.3 is 11.9 Å². The summed E-state index contributed by atoms with van der Waals surface area (Å²) in [5.74, 6) is -3.12. The molecule has 0 spiro atoms. The maximum Gasteiger partial charge on any atom is 0.326 e. The summed E-state index contributed by atoms with van der Waals surface area (Å²) in [5, 5.41) is 81.6. The minimum absolute atomic E-state index is 0.00748. The van der Waals surface area contributed by atoms with E-state index in [2.05, 4.69) is 73.3 Å². The first-order valence-electron chi connectivity index (χ1n) is 14.1. The SMILES string of the molecule is C=C(OO)C(C)Nc1nc(NCC(O)CO)nc(Nc2ccc(Nc3nc(NCC(O)CO)nc(NC(CC(=O)O)C(=O)O)n3)cc2)n1. The van der Waals surface area contributed by atoms with Crippen LogP contribution in [0.3, 0.4) is 0 Å². The summed E-state index contributed by atoms with van der Waals surface area (Å²) in [6.07, 6.45) is -2.99. The molecule has 0 saturated carbocycles. The summed E-state index contributed by atoms with van der Waals surface area (Å²) < 4.78 is 0. The van der Waals surface area contributed by atoms with Crippen LogP contribution in [0.1, 0.15) is 13.3 Å². The molecule has 22 heteroatoms. The molecule has 48 heavy (non-hydrogen) atoms. The maximum absolute atomic E-state index is 11.6. The highest BCUT2D eigenvalue weighted by molar-refractivity contribution is 5.83. The molecule has 0 amide bonds. The lowest BCUT2D eigenvalue weighted by atomic mass is 10.2. The molecule has 0 aliphatic heterocycles. The highest BCUT2D eigenvalue weighted by Gasteiger charge is 2.23. The predicted octanol–water partition coefficient (Wildman–Crippen LogP) is -0.782. The fourth-order valence-corrected chi connectivity index (χ4v) is 3.48. The van der Waals surface area contributed by atoms with Crippen LogP contribution in [-0.2, 0) is 14.5 Å². The Balaban J connectivity index is 1.82. The Labute approximate surface area is 272 Å². The number of anilines is 8. The van der Waals surface area contributed by atoms with Gasteiger partial charge in [-0.15, -0.1) is 0 Å². The lowest BCUT2D eigenvalue weighted by molar-refractivity contribution is -0.205. The number of hydrogen-bond acceptors (Lipinski definition) is 20. The first kappa shape index (κ1) is 36.8. The number of carboxylic acids is 2. The Morgan fingerprint density at radius 3 is 1.56 bits per heavy atom. The average molecular weight is 677 g/mol. The average Bonchev–Trinajstić information content (AvgIpc) is 3.05. The largest absolute Gasteiger partial charge is 0.481 e. The van der Waals surface area contributed by atoms with Crippen molar-refractivity contribution in [2.24, 2.45) is 0 Å². The van der Waals surface area contributed by atoms with Crippen molar-refractivity contribution in [1.29, 1.82) is 0 Å². The Morgan fingerprint density at radius 1 is 0.750 bits per heavy atom. The molecule has 0 radical (unpaired) electrons. The summed E-state index contributed by atoms with van der Waals surface area (Å²) in [7, 11) is 0. The van der Waals surface area contributed by atoms with Gasteiger partial charge in [-0.25, -0.2) is 10.1 Å². The number of aromatic nitrogens is 6. The third-order valence-corrected chi connectivity index (χ3v) is 6.01. The minimum Gasteiger partial charge on any atom is -0.481 e. The van der Waals surface area contributed by atoms with Gasteiger partial charge in [-0.2, -0.15) is 29.9 Å². The van der Waals surface area contributed by atoms with E-state index in [1.54, 1.807) is 31.2 Å². The first-order valence-corrected chi connectivity index (χ1v) is 14.1. The van der Waals surface area contributed by atoms with Crippen LogP contribution in [0.25, 0.3) is 0 Å². The number of aliphatic hydroxyl groups is 4. The topological polar surface area (TPSA) is 334 Å². The zero-order valence-electron chi connectivity index (χ0n) is 25.4. The van der Waals surface area contributed by atoms with Crippen molar-refractivity contribution < 1.29 is 50.4 Å². The van der Waals surface area contributed by atoms with Crippen LogP contribution in [0.5, 0.6) is 0 Å². The Hall–Kier alpha value is -5.68. The van der Waals surface area contributed by atoms with Crippen molar-refractivity contribution in [2.75, 3.05) is 58.2 Å². The second-order valence-corrected chi connectivity index (χ2v) is 9.93. The molecule has 0 aliphatic carbocycles. The number of nitrogens with zero attached hydrogens (tertiary/aromatic N) is 6. The van der Waals surface area contributed by atoms with Crippen molar-refractivity contribution in [3.8, 4) is 0 Å². The Morgan fingerprint density at radius 2 is 1.17 bits per heavy atom. The van der Waals surface area contributed by atoms with Crippen molar-refractivity contribution >= 4 is 59.0 Å². The highest BCUT2D eigenvalue weighted by Crippen LogP contribution is 2.22. The van der Waals surface area contributed by atoms with E-state index in [0.29, 0.717) is 11.4 Å². The third-order valence-electron chi connectivity index (χ3n) is 6.01. The van der Waals surface area contributed by atoms with Gasteiger partial charge in [0, 0.05) is 24.5 Å². The summed E-state index contributed by atoms with van der Waals surface area (Å²) in [6.45, 7) is 3.94. The molecule has 0 fully saturated rings. The van der Waals surface area contributed by atoms with E-state index in [1.165, 1.54) is 0 Å². The molecule has 4 unspecified atom stereocenters. The quantitative estimate of drug-likeness (QED) is 0.0373. The van der Waals surface area contributed by atoms with Crippen LogP contribution in [0, 0.1) is 0 Å². The second kappa shape index (κ2) is 17.9. The molecule has 4 atom stereocenters. The molecule has 0 aliphatic rings. The van der Waals surface area contributed by atoms with Gasteiger partial charge in [0.05, 0.1) is 37.9 Å². The molecule has 0 bridgehead atoms. The molecule has 1 aromatic carbocycles. The van der Waals surface area contributed by atoms with Gasteiger partial charge in [0.15, 0.2) is 5.76 Å². The van der Waals surface area contributed by atoms with Crippen LogP contribution in [0.15, 0.2) is 36.6 Å². The maximum atomic E-state index is 11.6. The van der Waals surface area contributed by atoms with E-state index >= 15 is 0 Å². The van der Waals surface area contributed by atoms with Crippen LogP contribution >= 0.6 is 0 Å². The number of nitrogens with one attached hydrogen (secondary N) is 6.